The summed E-state index contributed by atoms with van der Waals surface area (Å²) >= 11 is 0. The molecule has 0 amide bonds. The van der Waals surface area contributed by atoms with Crippen molar-refractivity contribution in [1.29, 1.82) is 0 Å². The van der Waals surface area contributed by atoms with E-state index in [0.717, 1.165) is 11.8 Å². The summed E-state index contributed by atoms with van der Waals surface area (Å²) in [4.78, 5) is 0. The van der Waals surface area contributed by atoms with Crippen LogP contribution in [-0.2, 0) is 0 Å². The first kappa shape index (κ1) is 16.7. The van der Waals surface area contributed by atoms with Crippen molar-refractivity contribution in [2.24, 2.45) is 11.8 Å². The minimum Gasteiger partial charge on any atom is -0.0856 e. The third-order valence-corrected chi connectivity index (χ3v) is 3.53. The van der Waals surface area contributed by atoms with Crippen LogP contribution in [0.4, 0.5) is 0 Å². The molecule has 0 heterocycles. The molecule has 0 aromatic carbocycles. The number of hydrogen-bond donors (Lipinski definition) is 0. The molecule has 0 spiro atoms. The average Bonchev–Trinajstić information content (AvgIpc) is 2.26. The smallest absolute Gasteiger partial charge is 0.0322 e. The molecule has 2 unspecified atom stereocenters. The van der Waals surface area contributed by atoms with Crippen molar-refractivity contribution >= 4 is 0 Å². The summed E-state index contributed by atoms with van der Waals surface area (Å²) in [6.07, 6.45) is 13.6. The molecule has 0 saturated carbocycles. The Morgan fingerprint density at radius 2 is 1.59 bits per heavy atom. The van der Waals surface area contributed by atoms with E-state index in [9.17, 15) is 0 Å². The van der Waals surface area contributed by atoms with Crippen molar-refractivity contribution < 1.29 is 0 Å². The monoisotopic (exact) mass is 238 g/mol. The predicted octanol–water partition coefficient (Wildman–Crippen LogP) is 6.37. The highest BCUT2D eigenvalue weighted by molar-refractivity contribution is 4.93. The summed E-state index contributed by atoms with van der Waals surface area (Å²) in [7, 11) is 0. The maximum Gasteiger partial charge on any atom is -0.0322 e. The van der Waals surface area contributed by atoms with Crippen LogP contribution in [0, 0.1) is 11.8 Å². The molecule has 0 fully saturated rings. The van der Waals surface area contributed by atoms with Gasteiger partial charge in [-0.3, -0.25) is 0 Å². The molecular formula is C17H34. The second-order valence-electron chi connectivity index (χ2n) is 6.17. The second-order valence-corrected chi connectivity index (χ2v) is 6.17. The maximum atomic E-state index is 2.43. The molecule has 2 atom stereocenters. The molecule has 0 aromatic rings. The molecule has 0 aliphatic carbocycles. The van der Waals surface area contributed by atoms with Gasteiger partial charge in [-0.2, -0.15) is 0 Å². The van der Waals surface area contributed by atoms with Gasteiger partial charge in [0.25, 0.3) is 0 Å². The molecule has 0 radical (unpaired) electrons. The highest BCUT2D eigenvalue weighted by atomic mass is 14.1. The molecule has 102 valence electrons. The fourth-order valence-corrected chi connectivity index (χ4v) is 2.43. The Labute approximate surface area is 110 Å². The van der Waals surface area contributed by atoms with Gasteiger partial charge in [-0.05, 0) is 38.5 Å². The van der Waals surface area contributed by atoms with Gasteiger partial charge in [0.1, 0.15) is 0 Å². The normalized spacial score (nSPS) is 14.4. The zero-order valence-corrected chi connectivity index (χ0v) is 12.9. The van der Waals surface area contributed by atoms with Gasteiger partial charge in [0.15, 0.2) is 0 Å². The van der Waals surface area contributed by atoms with E-state index in [1.165, 1.54) is 56.9 Å². The predicted molar refractivity (Wildman–Crippen MR) is 80.4 cm³/mol. The fourth-order valence-electron chi connectivity index (χ4n) is 2.43. The second kappa shape index (κ2) is 10.9. The minimum atomic E-state index is 0.857. The molecule has 0 aromatic heterocycles. The number of rotatable bonds is 10. The van der Waals surface area contributed by atoms with Crippen molar-refractivity contribution in [1.82, 2.24) is 0 Å². The maximum absolute atomic E-state index is 2.43. The Kier molecular flexibility index (Phi) is 10.7. The molecule has 17 heavy (non-hydrogen) atoms. The van der Waals surface area contributed by atoms with Crippen LogP contribution in [-0.4, -0.2) is 0 Å². The molecular weight excluding hydrogens is 204 g/mol. The van der Waals surface area contributed by atoms with E-state index < -0.39 is 0 Å². The van der Waals surface area contributed by atoms with Gasteiger partial charge < -0.3 is 0 Å². The Hall–Kier alpha value is -0.260. The van der Waals surface area contributed by atoms with Gasteiger partial charge in [-0.15, -0.1) is 0 Å². The van der Waals surface area contributed by atoms with Gasteiger partial charge in [-0.1, -0.05) is 70.9 Å². The summed E-state index contributed by atoms with van der Waals surface area (Å²) in [5.74, 6) is 1.77. The lowest BCUT2D eigenvalue weighted by atomic mass is 9.90. The van der Waals surface area contributed by atoms with Crippen LogP contribution in [0.3, 0.4) is 0 Å². The summed E-state index contributed by atoms with van der Waals surface area (Å²) in [6.45, 7) is 11.5. The van der Waals surface area contributed by atoms with Crippen LogP contribution in [0.2, 0.25) is 0 Å². The highest BCUT2D eigenvalue weighted by Gasteiger charge is 2.07. The van der Waals surface area contributed by atoms with Crippen LogP contribution in [0.1, 0.15) is 86.0 Å². The quantitative estimate of drug-likeness (QED) is 0.306. The van der Waals surface area contributed by atoms with Gasteiger partial charge >= 0.3 is 0 Å². The lowest BCUT2D eigenvalue weighted by Crippen LogP contribution is -2.02. The molecule has 0 bridgehead atoms. The van der Waals surface area contributed by atoms with Gasteiger partial charge in [0, 0.05) is 0 Å². The first-order valence-corrected chi connectivity index (χ1v) is 7.69. The van der Waals surface area contributed by atoms with Crippen molar-refractivity contribution in [2.75, 3.05) is 0 Å². The van der Waals surface area contributed by atoms with E-state index in [1.807, 2.05) is 0 Å². The van der Waals surface area contributed by atoms with E-state index >= 15 is 0 Å². The highest BCUT2D eigenvalue weighted by Crippen LogP contribution is 2.21. The summed E-state index contributed by atoms with van der Waals surface area (Å²) in [5.41, 5.74) is 1.46. The average molecular weight is 238 g/mol. The third kappa shape index (κ3) is 12.0. The van der Waals surface area contributed by atoms with Crippen molar-refractivity contribution in [3.63, 3.8) is 0 Å². The molecule has 0 aliphatic rings. The molecule has 0 rings (SSSR count). The van der Waals surface area contributed by atoms with E-state index in [1.54, 1.807) is 0 Å². The summed E-state index contributed by atoms with van der Waals surface area (Å²) in [6, 6.07) is 0. The van der Waals surface area contributed by atoms with Gasteiger partial charge in [0.05, 0.1) is 0 Å². The fraction of sp³-hybridized carbons (Fsp3) is 0.882. The van der Waals surface area contributed by atoms with E-state index in [4.69, 9.17) is 0 Å². The first-order chi connectivity index (χ1) is 8.06. The van der Waals surface area contributed by atoms with Crippen LogP contribution in [0.15, 0.2) is 11.6 Å². The Bertz CT molecular complexity index is 186. The number of hydrogen-bond acceptors (Lipinski definition) is 0. The van der Waals surface area contributed by atoms with Crippen LogP contribution in [0.5, 0.6) is 0 Å². The minimum absolute atomic E-state index is 0.857. The third-order valence-electron chi connectivity index (χ3n) is 3.53. The number of unbranched alkanes of at least 4 members (excludes halogenated alkanes) is 4. The lowest BCUT2D eigenvalue weighted by molar-refractivity contribution is 0.382. The summed E-state index contributed by atoms with van der Waals surface area (Å²) in [5, 5.41) is 0. The Morgan fingerprint density at radius 1 is 0.941 bits per heavy atom. The molecule has 0 heteroatoms. The standard InChI is InChI=1S/C17H34/c1-6-7-8-9-10-11-16(4)14-17(5)13-12-15(2)3/h12,16-17H,6-11,13-14H2,1-5H3. The Balaban J connectivity index is 3.50. The summed E-state index contributed by atoms with van der Waals surface area (Å²) < 4.78 is 0. The van der Waals surface area contributed by atoms with Crippen LogP contribution < -0.4 is 0 Å². The largest absolute Gasteiger partial charge is 0.0856 e. The van der Waals surface area contributed by atoms with E-state index in [-0.39, 0.29) is 0 Å². The topological polar surface area (TPSA) is 0 Å². The van der Waals surface area contributed by atoms with Crippen LogP contribution >= 0.6 is 0 Å². The first-order valence-electron chi connectivity index (χ1n) is 7.69. The van der Waals surface area contributed by atoms with Gasteiger partial charge in [-0.25, -0.2) is 0 Å². The molecule has 0 nitrogen and oxygen atoms in total. The van der Waals surface area contributed by atoms with Crippen LogP contribution in [0.25, 0.3) is 0 Å². The molecule has 0 N–H and O–H groups in total. The number of allylic oxidation sites excluding steroid dienone is 2. The zero-order valence-electron chi connectivity index (χ0n) is 12.9. The van der Waals surface area contributed by atoms with E-state index in [2.05, 4.69) is 40.7 Å². The van der Waals surface area contributed by atoms with Gasteiger partial charge in [0.2, 0.25) is 0 Å². The van der Waals surface area contributed by atoms with Crippen molar-refractivity contribution in [3.8, 4) is 0 Å². The van der Waals surface area contributed by atoms with E-state index in [0.29, 0.717) is 0 Å². The molecule has 0 saturated heterocycles. The molecule has 0 aliphatic heterocycles. The van der Waals surface area contributed by atoms with Crippen molar-refractivity contribution in [2.45, 2.75) is 86.0 Å². The SMILES string of the molecule is CCCCCCCC(C)CC(C)CC=C(C)C. The lowest BCUT2D eigenvalue weighted by Gasteiger charge is -2.16. The Morgan fingerprint density at radius 3 is 2.18 bits per heavy atom. The zero-order chi connectivity index (χ0) is 13.1. The van der Waals surface area contributed by atoms with Crippen molar-refractivity contribution in [3.05, 3.63) is 11.6 Å².